The van der Waals surface area contributed by atoms with Gasteiger partial charge >= 0.3 is 5.76 Å². The lowest BCUT2D eigenvalue weighted by molar-refractivity contribution is 0.502. The molecule has 0 aliphatic heterocycles. The van der Waals surface area contributed by atoms with E-state index in [1.165, 1.54) is 0 Å². The lowest BCUT2D eigenvalue weighted by Crippen LogP contribution is -2.13. The molecule has 0 amide bonds. The molecule has 0 bridgehead atoms. The summed E-state index contributed by atoms with van der Waals surface area (Å²) in [6, 6.07) is 7.46. The van der Waals surface area contributed by atoms with Crippen molar-refractivity contribution in [2.24, 2.45) is 0 Å². The molecule has 1 unspecified atom stereocenters. The number of rotatable bonds is 4. The maximum absolute atomic E-state index is 11.8. The molecule has 3 rings (SSSR count). The molecule has 0 N–H and O–H groups in total. The van der Waals surface area contributed by atoms with Crippen molar-refractivity contribution in [1.29, 1.82) is 0 Å². The number of furan rings is 1. The second-order valence-corrected chi connectivity index (χ2v) is 5.51. The Hall–Kier alpha value is -1.94. The van der Waals surface area contributed by atoms with Gasteiger partial charge in [0, 0.05) is 6.54 Å². The fourth-order valence-corrected chi connectivity index (χ4v) is 2.83. The Labute approximate surface area is 126 Å². The summed E-state index contributed by atoms with van der Waals surface area (Å²) in [5.74, 6) is 0.385. The first-order valence-corrected chi connectivity index (χ1v) is 7.36. The van der Waals surface area contributed by atoms with E-state index < -0.39 is 5.38 Å². The van der Waals surface area contributed by atoms with Gasteiger partial charge in [0.25, 0.3) is 0 Å². The molecule has 0 spiro atoms. The van der Waals surface area contributed by atoms with E-state index in [2.05, 4.69) is 0 Å². The number of benzene rings is 1. The molecule has 3 aromatic rings. The fourth-order valence-electron chi connectivity index (χ4n) is 2.47. The van der Waals surface area contributed by atoms with Crippen molar-refractivity contribution in [2.75, 3.05) is 0 Å². The molecule has 1 aromatic carbocycles. The van der Waals surface area contributed by atoms with E-state index in [4.69, 9.17) is 20.4 Å². The molecule has 21 heavy (non-hydrogen) atoms. The fraction of sp³-hybridized carbons (Fsp3) is 0.312. The van der Waals surface area contributed by atoms with Crippen LogP contribution in [0.1, 0.15) is 35.6 Å². The summed E-state index contributed by atoms with van der Waals surface area (Å²) in [5.41, 5.74) is 3.20. The van der Waals surface area contributed by atoms with E-state index in [0.717, 1.165) is 23.1 Å². The largest absolute Gasteiger partial charge is 0.467 e. The molecule has 2 heterocycles. The Balaban J connectivity index is 2.06. The van der Waals surface area contributed by atoms with Crippen molar-refractivity contribution in [2.45, 2.75) is 32.2 Å². The second-order valence-electron chi connectivity index (χ2n) is 5.08. The monoisotopic (exact) mass is 305 g/mol. The van der Waals surface area contributed by atoms with Crippen molar-refractivity contribution in [3.05, 3.63) is 58.0 Å². The Kier molecular flexibility index (Phi) is 3.64. The Morgan fingerprint density at radius 3 is 2.81 bits per heavy atom. The van der Waals surface area contributed by atoms with Crippen LogP contribution in [0, 0.1) is 6.92 Å². The highest BCUT2D eigenvalue weighted by atomic mass is 35.5. The van der Waals surface area contributed by atoms with Gasteiger partial charge in [0.1, 0.15) is 11.1 Å². The minimum atomic E-state index is -0.399. The van der Waals surface area contributed by atoms with Crippen LogP contribution in [0.15, 0.2) is 44.2 Å². The molecule has 0 saturated carbocycles. The van der Waals surface area contributed by atoms with Gasteiger partial charge in [-0.1, -0.05) is 13.0 Å². The quantitative estimate of drug-likeness (QED) is 0.678. The maximum Gasteiger partial charge on any atom is 0.419 e. The molecular weight excluding hydrogens is 290 g/mol. The van der Waals surface area contributed by atoms with Gasteiger partial charge in [-0.05, 0) is 42.7 Å². The van der Waals surface area contributed by atoms with Crippen LogP contribution >= 0.6 is 11.6 Å². The Bertz CT molecular complexity index is 828. The number of fused-ring (bicyclic) bond motifs is 1. The molecule has 4 nitrogen and oxygen atoms in total. The van der Waals surface area contributed by atoms with Crippen molar-refractivity contribution in [3.63, 3.8) is 0 Å². The third-order valence-corrected chi connectivity index (χ3v) is 4.01. The summed E-state index contributed by atoms with van der Waals surface area (Å²) in [7, 11) is 0. The van der Waals surface area contributed by atoms with Crippen LogP contribution in [-0.2, 0) is 6.54 Å². The molecule has 2 aromatic heterocycles. The van der Waals surface area contributed by atoms with Crippen LogP contribution in [0.5, 0.6) is 0 Å². The minimum absolute atomic E-state index is 0.329. The first-order valence-electron chi connectivity index (χ1n) is 6.93. The van der Waals surface area contributed by atoms with Crippen LogP contribution in [0.4, 0.5) is 0 Å². The minimum Gasteiger partial charge on any atom is -0.467 e. The molecule has 110 valence electrons. The number of alkyl halides is 1. The maximum atomic E-state index is 11.8. The summed E-state index contributed by atoms with van der Waals surface area (Å²) >= 11 is 6.47. The highest BCUT2D eigenvalue weighted by Gasteiger charge is 2.18. The van der Waals surface area contributed by atoms with Gasteiger partial charge in [-0.3, -0.25) is 4.57 Å². The molecule has 0 fully saturated rings. The van der Waals surface area contributed by atoms with E-state index >= 15 is 0 Å². The van der Waals surface area contributed by atoms with Gasteiger partial charge in [0.15, 0.2) is 5.58 Å². The van der Waals surface area contributed by atoms with Crippen LogP contribution in [0.3, 0.4) is 0 Å². The number of aromatic nitrogens is 1. The molecule has 0 radical (unpaired) electrons. The topological polar surface area (TPSA) is 48.3 Å². The normalized spacial score (nSPS) is 12.9. The first kappa shape index (κ1) is 14.0. The molecule has 5 heteroatoms. The molecule has 1 atom stereocenters. The number of aryl methyl sites for hydroxylation is 2. The molecule has 0 aliphatic carbocycles. The van der Waals surface area contributed by atoms with Gasteiger partial charge in [-0.15, -0.1) is 11.6 Å². The number of halogens is 1. The molecule has 0 aliphatic rings. The summed E-state index contributed by atoms with van der Waals surface area (Å²) in [6.45, 7) is 4.62. The van der Waals surface area contributed by atoms with Gasteiger partial charge in [-0.2, -0.15) is 0 Å². The van der Waals surface area contributed by atoms with Crippen LogP contribution in [0.2, 0.25) is 0 Å². The van der Waals surface area contributed by atoms with Crippen LogP contribution in [0.25, 0.3) is 11.1 Å². The number of hydrogen-bond donors (Lipinski definition) is 0. The predicted molar refractivity (Wildman–Crippen MR) is 81.9 cm³/mol. The molecular formula is C16H16ClNO3. The second kappa shape index (κ2) is 5.45. The van der Waals surface area contributed by atoms with Crippen molar-refractivity contribution in [1.82, 2.24) is 4.57 Å². The highest BCUT2D eigenvalue weighted by Crippen LogP contribution is 2.33. The average molecular weight is 306 g/mol. The van der Waals surface area contributed by atoms with Gasteiger partial charge in [0.05, 0.1) is 11.8 Å². The summed E-state index contributed by atoms with van der Waals surface area (Å²) in [4.78, 5) is 11.8. The van der Waals surface area contributed by atoms with E-state index in [1.807, 2.05) is 38.1 Å². The zero-order valence-electron chi connectivity index (χ0n) is 11.9. The summed E-state index contributed by atoms with van der Waals surface area (Å²) in [6.07, 6.45) is 2.50. The molecule has 0 saturated heterocycles. The van der Waals surface area contributed by atoms with Crippen molar-refractivity contribution >= 4 is 22.7 Å². The average Bonchev–Trinajstić information content (AvgIpc) is 3.02. The van der Waals surface area contributed by atoms with Crippen molar-refractivity contribution in [3.8, 4) is 0 Å². The smallest absolute Gasteiger partial charge is 0.419 e. The van der Waals surface area contributed by atoms with E-state index in [0.29, 0.717) is 17.9 Å². The van der Waals surface area contributed by atoms with Gasteiger partial charge in [0.2, 0.25) is 0 Å². The highest BCUT2D eigenvalue weighted by molar-refractivity contribution is 6.22. The van der Waals surface area contributed by atoms with Crippen LogP contribution < -0.4 is 5.76 Å². The van der Waals surface area contributed by atoms with Gasteiger partial charge < -0.3 is 8.83 Å². The Morgan fingerprint density at radius 2 is 2.14 bits per heavy atom. The summed E-state index contributed by atoms with van der Waals surface area (Å²) < 4.78 is 12.4. The number of oxazole rings is 1. The SMILES string of the molecule is CCCn1c(=O)oc2cc(C(Cl)c3occc3C)ccc21. The zero-order chi connectivity index (χ0) is 15.0. The standard InChI is InChI=1S/C16H16ClNO3/c1-3-7-18-12-5-4-11(9-13(12)21-16(18)19)14(17)15-10(2)6-8-20-15/h4-6,8-9,14H,3,7H2,1-2H3. The zero-order valence-corrected chi connectivity index (χ0v) is 12.7. The van der Waals surface area contributed by atoms with Crippen LogP contribution in [-0.4, -0.2) is 4.57 Å². The number of hydrogen-bond acceptors (Lipinski definition) is 3. The van der Waals surface area contributed by atoms with Crippen molar-refractivity contribution < 1.29 is 8.83 Å². The lowest BCUT2D eigenvalue weighted by Gasteiger charge is -2.08. The van der Waals surface area contributed by atoms with E-state index in [1.54, 1.807) is 10.8 Å². The van der Waals surface area contributed by atoms with E-state index in [-0.39, 0.29) is 5.76 Å². The first-order chi connectivity index (χ1) is 10.1. The van der Waals surface area contributed by atoms with Gasteiger partial charge in [-0.25, -0.2) is 4.79 Å². The summed E-state index contributed by atoms with van der Waals surface area (Å²) in [5, 5.41) is -0.399. The van der Waals surface area contributed by atoms with E-state index in [9.17, 15) is 4.79 Å². The Morgan fingerprint density at radius 1 is 1.33 bits per heavy atom. The predicted octanol–water partition coefficient (Wildman–Crippen LogP) is 4.23. The third-order valence-electron chi connectivity index (χ3n) is 3.56. The third kappa shape index (κ3) is 2.40. The number of nitrogens with zero attached hydrogens (tertiary/aromatic N) is 1. The lowest BCUT2D eigenvalue weighted by atomic mass is 10.1.